The smallest absolute Gasteiger partial charge is 0.231 e. The van der Waals surface area contributed by atoms with Crippen LogP contribution in [0.2, 0.25) is 0 Å². The summed E-state index contributed by atoms with van der Waals surface area (Å²) in [5, 5.41) is 9.81. The van der Waals surface area contributed by atoms with Crippen molar-refractivity contribution < 1.29 is 23.8 Å². The zero-order valence-corrected chi connectivity index (χ0v) is 12.8. The number of rotatable bonds is 3. The number of benzene rings is 2. The molecule has 0 fully saturated rings. The summed E-state index contributed by atoms with van der Waals surface area (Å²) in [6.07, 6.45) is 2.82. The number of halogens is 2. The number of aromatic hydroxyl groups is 1. The first-order valence-corrected chi connectivity index (χ1v) is 7.14. The van der Waals surface area contributed by atoms with Crippen molar-refractivity contribution in [3.63, 3.8) is 0 Å². The van der Waals surface area contributed by atoms with Crippen LogP contribution >= 0.6 is 15.9 Å². The molecule has 0 radical (unpaired) electrons. The molecule has 1 aliphatic rings. The summed E-state index contributed by atoms with van der Waals surface area (Å²) in [7, 11) is 0. The van der Waals surface area contributed by atoms with Gasteiger partial charge in [-0.25, -0.2) is 4.39 Å². The predicted molar refractivity (Wildman–Crippen MR) is 81.7 cm³/mol. The van der Waals surface area contributed by atoms with E-state index in [9.17, 15) is 14.3 Å². The summed E-state index contributed by atoms with van der Waals surface area (Å²) in [6, 6.07) is 7.31. The fraction of sp³-hybridized carbons (Fsp3) is 0.0625. The molecule has 0 amide bonds. The highest BCUT2D eigenvalue weighted by Gasteiger charge is 2.15. The summed E-state index contributed by atoms with van der Waals surface area (Å²) in [5.74, 6) is -0.150. The van der Waals surface area contributed by atoms with Gasteiger partial charge >= 0.3 is 0 Å². The van der Waals surface area contributed by atoms with Crippen molar-refractivity contribution in [2.24, 2.45) is 0 Å². The number of allylic oxidation sites excluding steroid dienone is 1. The molecule has 0 unspecified atom stereocenters. The number of fused-ring (bicyclic) bond motifs is 1. The van der Waals surface area contributed by atoms with Gasteiger partial charge in [0.2, 0.25) is 6.79 Å². The maximum absolute atomic E-state index is 13.3. The van der Waals surface area contributed by atoms with Gasteiger partial charge in [-0.15, -0.1) is 0 Å². The van der Waals surface area contributed by atoms with Crippen LogP contribution in [0.5, 0.6) is 17.2 Å². The second-order valence-electron chi connectivity index (χ2n) is 4.59. The Morgan fingerprint density at radius 2 is 2.00 bits per heavy atom. The third kappa shape index (κ3) is 2.82. The van der Waals surface area contributed by atoms with Crippen molar-refractivity contribution >= 4 is 27.8 Å². The van der Waals surface area contributed by atoms with Crippen LogP contribution in [0.1, 0.15) is 15.9 Å². The van der Waals surface area contributed by atoms with Gasteiger partial charge in [0.1, 0.15) is 11.6 Å². The minimum atomic E-state index is -0.607. The monoisotopic (exact) mass is 364 g/mol. The van der Waals surface area contributed by atoms with Gasteiger partial charge in [0, 0.05) is 0 Å². The normalized spacial score (nSPS) is 12.8. The number of hydrogen-bond acceptors (Lipinski definition) is 4. The number of phenols is 1. The number of ketones is 1. The van der Waals surface area contributed by atoms with E-state index >= 15 is 0 Å². The van der Waals surface area contributed by atoms with Gasteiger partial charge in [0.25, 0.3) is 0 Å². The number of carbonyl (C=O) groups is 1. The lowest BCUT2D eigenvalue weighted by atomic mass is 10.1. The molecule has 0 spiro atoms. The highest BCUT2D eigenvalue weighted by Crippen LogP contribution is 2.33. The van der Waals surface area contributed by atoms with E-state index in [0.717, 1.165) is 17.7 Å². The van der Waals surface area contributed by atoms with E-state index in [2.05, 4.69) is 15.9 Å². The van der Waals surface area contributed by atoms with Crippen LogP contribution in [0.3, 0.4) is 0 Å². The van der Waals surface area contributed by atoms with Crippen LogP contribution < -0.4 is 9.47 Å². The van der Waals surface area contributed by atoms with E-state index in [4.69, 9.17) is 9.47 Å². The van der Waals surface area contributed by atoms with Gasteiger partial charge in [0.15, 0.2) is 17.3 Å². The van der Waals surface area contributed by atoms with E-state index < -0.39 is 11.6 Å². The van der Waals surface area contributed by atoms with Gasteiger partial charge in [-0.3, -0.25) is 4.79 Å². The maximum atomic E-state index is 13.3. The van der Waals surface area contributed by atoms with Crippen LogP contribution in [0, 0.1) is 5.82 Å². The summed E-state index contributed by atoms with van der Waals surface area (Å²) in [5.41, 5.74) is 0.622. The van der Waals surface area contributed by atoms with Gasteiger partial charge in [-0.1, -0.05) is 12.1 Å². The van der Waals surface area contributed by atoms with Crippen molar-refractivity contribution in [3.8, 4) is 17.2 Å². The van der Waals surface area contributed by atoms with E-state index in [-0.39, 0.29) is 22.6 Å². The van der Waals surface area contributed by atoms with Crippen LogP contribution in [0.25, 0.3) is 6.08 Å². The first-order chi connectivity index (χ1) is 10.5. The molecule has 0 bridgehead atoms. The lowest BCUT2D eigenvalue weighted by molar-refractivity contribution is 0.104. The molecule has 1 aliphatic heterocycles. The average molecular weight is 365 g/mol. The SMILES string of the molecule is O=C(/C=C/c1ccc2c(c1)OCO2)c1cc(F)cc(Br)c1O. The standard InChI is InChI=1S/C16H10BrFO4/c17-12-7-10(18)6-11(16(12)20)13(19)3-1-9-2-4-14-15(5-9)22-8-21-14/h1-7,20H,8H2/b3-1+. The Bertz CT molecular complexity index is 786. The highest BCUT2D eigenvalue weighted by atomic mass is 79.9. The molecule has 1 N–H and O–H groups in total. The summed E-state index contributed by atoms with van der Waals surface area (Å²) in [6.45, 7) is 0.173. The lowest BCUT2D eigenvalue weighted by Gasteiger charge is -2.03. The first-order valence-electron chi connectivity index (χ1n) is 6.34. The van der Waals surface area contributed by atoms with Crippen LogP contribution in [0.15, 0.2) is 40.9 Å². The van der Waals surface area contributed by atoms with Crippen molar-refractivity contribution in [1.82, 2.24) is 0 Å². The number of hydrogen-bond donors (Lipinski definition) is 1. The van der Waals surface area contributed by atoms with E-state index in [1.54, 1.807) is 24.3 Å². The Kier molecular flexibility index (Phi) is 3.85. The quantitative estimate of drug-likeness (QED) is 0.662. The molecule has 22 heavy (non-hydrogen) atoms. The molecular weight excluding hydrogens is 355 g/mol. The molecule has 0 aromatic heterocycles. The molecule has 112 valence electrons. The summed E-state index contributed by atoms with van der Waals surface area (Å²) < 4.78 is 23.9. The average Bonchev–Trinajstić information content (AvgIpc) is 2.96. The van der Waals surface area contributed by atoms with Crippen LogP contribution in [0.4, 0.5) is 4.39 Å². The lowest BCUT2D eigenvalue weighted by Crippen LogP contribution is -1.96. The van der Waals surface area contributed by atoms with E-state index in [0.29, 0.717) is 11.5 Å². The molecule has 2 aromatic rings. The molecule has 0 atom stereocenters. The Morgan fingerprint density at radius 3 is 2.82 bits per heavy atom. The van der Waals surface area contributed by atoms with Gasteiger partial charge in [-0.05, 0) is 51.8 Å². The second-order valence-corrected chi connectivity index (χ2v) is 5.45. The topological polar surface area (TPSA) is 55.8 Å². The highest BCUT2D eigenvalue weighted by molar-refractivity contribution is 9.10. The molecule has 4 nitrogen and oxygen atoms in total. The molecule has 6 heteroatoms. The van der Waals surface area contributed by atoms with Crippen molar-refractivity contribution in [2.45, 2.75) is 0 Å². The second kappa shape index (κ2) is 5.81. The third-order valence-electron chi connectivity index (χ3n) is 3.12. The summed E-state index contributed by atoms with van der Waals surface area (Å²) in [4.78, 5) is 12.1. The minimum Gasteiger partial charge on any atom is -0.506 e. The van der Waals surface area contributed by atoms with Crippen molar-refractivity contribution in [2.75, 3.05) is 6.79 Å². The predicted octanol–water partition coefficient (Wildman–Crippen LogP) is 3.92. The van der Waals surface area contributed by atoms with Crippen molar-refractivity contribution in [1.29, 1.82) is 0 Å². The van der Waals surface area contributed by atoms with Gasteiger partial charge in [-0.2, -0.15) is 0 Å². The number of phenolic OH excluding ortho intramolecular Hbond substituents is 1. The van der Waals surface area contributed by atoms with E-state index in [1.165, 1.54) is 6.08 Å². The first kappa shape index (κ1) is 14.6. The van der Waals surface area contributed by atoms with Crippen LogP contribution in [-0.4, -0.2) is 17.7 Å². The molecule has 3 rings (SSSR count). The number of ether oxygens (including phenoxy) is 2. The zero-order valence-electron chi connectivity index (χ0n) is 11.2. The Balaban J connectivity index is 1.85. The molecular formula is C16H10BrFO4. The minimum absolute atomic E-state index is 0.108. The van der Waals surface area contributed by atoms with Gasteiger partial charge in [0.05, 0.1) is 10.0 Å². The Hall–Kier alpha value is -2.34. The molecule has 1 heterocycles. The molecule has 0 aliphatic carbocycles. The van der Waals surface area contributed by atoms with Crippen molar-refractivity contribution in [3.05, 3.63) is 57.8 Å². The third-order valence-corrected chi connectivity index (χ3v) is 3.72. The number of carbonyl (C=O) groups excluding carboxylic acids is 1. The molecule has 0 saturated heterocycles. The molecule has 2 aromatic carbocycles. The largest absolute Gasteiger partial charge is 0.506 e. The maximum Gasteiger partial charge on any atom is 0.231 e. The fourth-order valence-corrected chi connectivity index (χ4v) is 2.46. The van der Waals surface area contributed by atoms with E-state index in [1.807, 2.05) is 0 Å². The fourth-order valence-electron chi connectivity index (χ4n) is 2.03. The van der Waals surface area contributed by atoms with Crippen LogP contribution in [-0.2, 0) is 0 Å². The Labute approximate surface area is 133 Å². The zero-order chi connectivity index (χ0) is 15.7. The van der Waals surface area contributed by atoms with Gasteiger partial charge < -0.3 is 14.6 Å². The molecule has 0 saturated carbocycles. The Morgan fingerprint density at radius 1 is 1.23 bits per heavy atom. The summed E-state index contributed by atoms with van der Waals surface area (Å²) >= 11 is 3.00.